The smallest absolute Gasteiger partial charge is 0.336 e. The SMILES string of the molecule is CCNCCCCSc1ccccc1C(=O)O. The molecule has 4 heteroatoms. The minimum atomic E-state index is -0.847. The third-order valence-corrected chi connectivity index (χ3v) is 3.53. The number of nitrogens with one attached hydrogen (secondary N) is 1. The van der Waals surface area contributed by atoms with Gasteiger partial charge in [-0.15, -0.1) is 11.8 Å². The molecule has 94 valence electrons. The number of aromatic carboxylic acids is 1. The lowest BCUT2D eigenvalue weighted by atomic mass is 10.2. The van der Waals surface area contributed by atoms with Crippen molar-refractivity contribution in [3.8, 4) is 0 Å². The first kappa shape index (κ1) is 14.1. The average Bonchev–Trinajstić information content (AvgIpc) is 2.34. The lowest BCUT2D eigenvalue weighted by Gasteiger charge is -2.05. The molecule has 0 heterocycles. The maximum absolute atomic E-state index is 11.0. The van der Waals surface area contributed by atoms with Crippen LogP contribution in [-0.4, -0.2) is 29.9 Å². The van der Waals surface area contributed by atoms with Crippen LogP contribution in [0.25, 0.3) is 0 Å². The first-order chi connectivity index (χ1) is 8.25. The van der Waals surface area contributed by atoms with Crippen molar-refractivity contribution < 1.29 is 9.90 Å². The lowest BCUT2D eigenvalue weighted by Crippen LogP contribution is -2.13. The molecule has 0 spiro atoms. The van der Waals surface area contributed by atoms with Gasteiger partial charge >= 0.3 is 5.97 Å². The molecule has 0 aromatic heterocycles. The van der Waals surface area contributed by atoms with E-state index in [1.54, 1.807) is 23.9 Å². The first-order valence-electron chi connectivity index (χ1n) is 5.91. The minimum Gasteiger partial charge on any atom is -0.478 e. The molecule has 3 nitrogen and oxygen atoms in total. The zero-order valence-corrected chi connectivity index (χ0v) is 10.9. The molecule has 1 aromatic carbocycles. The third-order valence-electron chi connectivity index (χ3n) is 2.37. The maximum Gasteiger partial charge on any atom is 0.336 e. The molecule has 1 rings (SSSR count). The minimum absolute atomic E-state index is 0.407. The van der Waals surface area contributed by atoms with E-state index in [0.29, 0.717) is 5.56 Å². The summed E-state index contributed by atoms with van der Waals surface area (Å²) in [6.07, 6.45) is 2.24. The largest absolute Gasteiger partial charge is 0.478 e. The molecule has 2 N–H and O–H groups in total. The number of benzene rings is 1. The van der Waals surface area contributed by atoms with Gasteiger partial charge < -0.3 is 10.4 Å². The van der Waals surface area contributed by atoms with Crippen molar-refractivity contribution >= 4 is 17.7 Å². The zero-order valence-electron chi connectivity index (χ0n) is 10.1. The number of carbonyl (C=O) groups is 1. The number of rotatable bonds is 8. The fraction of sp³-hybridized carbons (Fsp3) is 0.462. The molecule has 0 radical (unpaired) electrons. The van der Waals surface area contributed by atoms with Gasteiger partial charge in [0, 0.05) is 4.90 Å². The Kier molecular flexibility index (Phi) is 6.74. The summed E-state index contributed by atoms with van der Waals surface area (Å²) < 4.78 is 0. The van der Waals surface area contributed by atoms with Gasteiger partial charge in [0.1, 0.15) is 0 Å². The second-order valence-corrected chi connectivity index (χ2v) is 4.85. The highest BCUT2D eigenvalue weighted by Gasteiger charge is 2.08. The Morgan fingerprint density at radius 3 is 2.82 bits per heavy atom. The highest BCUT2D eigenvalue weighted by atomic mass is 32.2. The Hall–Kier alpha value is -1.00. The van der Waals surface area contributed by atoms with E-state index in [1.165, 1.54) is 0 Å². The summed E-state index contributed by atoms with van der Waals surface area (Å²) in [7, 11) is 0. The molecule has 1 aromatic rings. The number of hydrogen-bond donors (Lipinski definition) is 2. The van der Waals surface area contributed by atoms with Gasteiger partial charge in [-0.2, -0.15) is 0 Å². The van der Waals surface area contributed by atoms with Crippen LogP contribution in [0.5, 0.6) is 0 Å². The van der Waals surface area contributed by atoms with Crippen LogP contribution in [0.1, 0.15) is 30.1 Å². The Morgan fingerprint density at radius 2 is 2.12 bits per heavy atom. The molecule has 0 aliphatic heterocycles. The Morgan fingerprint density at radius 1 is 1.35 bits per heavy atom. The summed E-state index contributed by atoms with van der Waals surface area (Å²) in [6.45, 7) is 4.14. The Balaban J connectivity index is 2.34. The van der Waals surface area contributed by atoms with Crippen LogP contribution >= 0.6 is 11.8 Å². The van der Waals surface area contributed by atoms with Gasteiger partial charge in [-0.25, -0.2) is 4.79 Å². The molecular weight excluding hydrogens is 234 g/mol. The van der Waals surface area contributed by atoms with Gasteiger partial charge in [0.25, 0.3) is 0 Å². The molecule has 0 bridgehead atoms. The van der Waals surface area contributed by atoms with E-state index in [9.17, 15) is 4.79 Å². The van der Waals surface area contributed by atoms with Crippen LogP contribution in [-0.2, 0) is 0 Å². The second kappa shape index (κ2) is 8.14. The number of carboxylic acid groups (broad SMARTS) is 1. The van der Waals surface area contributed by atoms with Gasteiger partial charge in [-0.05, 0) is 43.8 Å². The molecule has 0 unspecified atom stereocenters. The maximum atomic E-state index is 11.0. The van der Waals surface area contributed by atoms with Crippen molar-refractivity contribution in [1.82, 2.24) is 5.32 Å². The van der Waals surface area contributed by atoms with E-state index in [0.717, 1.165) is 36.6 Å². The summed E-state index contributed by atoms with van der Waals surface area (Å²) in [5.41, 5.74) is 0.407. The normalized spacial score (nSPS) is 10.4. The van der Waals surface area contributed by atoms with Gasteiger partial charge in [0.15, 0.2) is 0 Å². The molecule has 0 amide bonds. The fourth-order valence-corrected chi connectivity index (χ4v) is 2.53. The summed E-state index contributed by atoms with van der Waals surface area (Å²) in [4.78, 5) is 11.8. The lowest BCUT2D eigenvalue weighted by molar-refractivity contribution is 0.0693. The van der Waals surface area contributed by atoms with Crippen molar-refractivity contribution in [2.24, 2.45) is 0 Å². The van der Waals surface area contributed by atoms with E-state index >= 15 is 0 Å². The van der Waals surface area contributed by atoms with Gasteiger partial charge in [-0.1, -0.05) is 19.1 Å². The van der Waals surface area contributed by atoms with E-state index < -0.39 is 5.97 Å². The fourth-order valence-electron chi connectivity index (χ4n) is 1.48. The van der Waals surface area contributed by atoms with Crippen LogP contribution in [0.15, 0.2) is 29.2 Å². The highest BCUT2D eigenvalue weighted by Crippen LogP contribution is 2.23. The van der Waals surface area contributed by atoms with E-state index in [2.05, 4.69) is 12.2 Å². The molecule has 17 heavy (non-hydrogen) atoms. The topological polar surface area (TPSA) is 49.3 Å². The molecule has 0 atom stereocenters. The predicted molar refractivity (Wildman–Crippen MR) is 71.9 cm³/mol. The summed E-state index contributed by atoms with van der Waals surface area (Å²) in [5, 5.41) is 12.3. The van der Waals surface area contributed by atoms with Crippen molar-refractivity contribution in [2.75, 3.05) is 18.8 Å². The van der Waals surface area contributed by atoms with Gasteiger partial charge in [-0.3, -0.25) is 0 Å². The van der Waals surface area contributed by atoms with Crippen LogP contribution < -0.4 is 5.32 Å². The second-order valence-electron chi connectivity index (χ2n) is 3.71. The molecule has 0 aliphatic rings. The predicted octanol–water partition coefficient (Wildman–Crippen LogP) is 2.87. The third kappa shape index (κ3) is 5.24. The number of unbranched alkanes of at least 4 members (excludes halogenated alkanes) is 1. The van der Waals surface area contributed by atoms with Gasteiger partial charge in [0.2, 0.25) is 0 Å². The average molecular weight is 253 g/mol. The van der Waals surface area contributed by atoms with Crippen molar-refractivity contribution in [3.05, 3.63) is 29.8 Å². The Bertz CT molecular complexity index is 355. The monoisotopic (exact) mass is 253 g/mol. The number of hydrogen-bond acceptors (Lipinski definition) is 3. The molecule has 0 aliphatic carbocycles. The zero-order chi connectivity index (χ0) is 12.5. The van der Waals surface area contributed by atoms with E-state index in [-0.39, 0.29) is 0 Å². The summed E-state index contributed by atoms with van der Waals surface area (Å²) in [5.74, 6) is 0.121. The number of carboxylic acids is 1. The Labute approximate surface area is 107 Å². The standard InChI is InChI=1S/C13H19NO2S/c1-2-14-9-5-6-10-17-12-8-4-3-7-11(12)13(15)16/h3-4,7-8,14H,2,5-6,9-10H2,1H3,(H,15,16). The van der Waals surface area contributed by atoms with Crippen LogP contribution in [0, 0.1) is 0 Å². The van der Waals surface area contributed by atoms with Crippen LogP contribution in [0.3, 0.4) is 0 Å². The van der Waals surface area contributed by atoms with E-state index in [4.69, 9.17) is 5.11 Å². The van der Waals surface area contributed by atoms with E-state index in [1.807, 2.05) is 12.1 Å². The molecular formula is C13H19NO2S. The van der Waals surface area contributed by atoms with Crippen LogP contribution in [0.4, 0.5) is 0 Å². The first-order valence-corrected chi connectivity index (χ1v) is 6.90. The summed E-state index contributed by atoms with van der Waals surface area (Å²) >= 11 is 1.62. The van der Waals surface area contributed by atoms with Crippen molar-refractivity contribution in [3.63, 3.8) is 0 Å². The molecule has 0 saturated carbocycles. The van der Waals surface area contributed by atoms with Crippen molar-refractivity contribution in [2.45, 2.75) is 24.7 Å². The van der Waals surface area contributed by atoms with Crippen molar-refractivity contribution in [1.29, 1.82) is 0 Å². The quantitative estimate of drug-likeness (QED) is 0.552. The molecule has 0 fully saturated rings. The summed E-state index contributed by atoms with van der Waals surface area (Å²) in [6, 6.07) is 7.17. The highest BCUT2D eigenvalue weighted by molar-refractivity contribution is 7.99. The van der Waals surface area contributed by atoms with Gasteiger partial charge in [0.05, 0.1) is 5.56 Å². The van der Waals surface area contributed by atoms with Crippen LogP contribution in [0.2, 0.25) is 0 Å². The number of thioether (sulfide) groups is 1. The molecule has 0 saturated heterocycles.